The Balaban J connectivity index is 1.47. The molecule has 11 rings (SSSR count). The van der Waals surface area contributed by atoms with E-state index in [1.807, 2.05) is 91.3 Å². The highest BCUT2D eigenvalue weighted by atomic mass is 32.1. The van der Waals surface area contributed by atoms with Crippen LogP contribution in [0.15, 0.2) is 156 Å². The van der Waals surface area contributed by atoms with Gasteiger partial charge in [0.1, 0.15) is 23.2 Å². The molecular weight excluding hydrogens is 703 g/mol. The van der Waals surface area contributed by atoms with Crippen molar-refractivity contribution in [1.82, 2.24) is 44.4 Å². The molecule has 10 nitrogen and oxygen atoms in total. The Hall–Kier alpha value is -7.50. The van der Waals surface area contributed by atoms with E-state index >= 15 is 0 Å². The molecule has 55 heavy (non-hydrogen) atoms. The van der Waals surface area contributed by atoms with Gasteiger partial charge in [0.15, 0.2) is 5.82 Å². The number of hydrogen-bond donors (Lipinski definition) is 2. The molecule has 0 spiro atoms. The third kappa shape index (κ3) is 4.94. The summed E-state index contributed by atoms with van der Waals surface area (Å²) >= 11 is 1.66. The summed E-state index contributed by atoms with van der Waals surface area (Å²) in [6.45, 7) is 0. The summed E-state index contributed by atoms with van der Waals surface area (Å²) in [5.41, 5.74) is 9.13. The second-order valence-electron chi connectivity index (χ2n) is 12.9. The van der Waals surface area contributed by atoms with Crippen LogP contribution >= 0.6 is 11.3 Å². The van der Waals surface area contributed by atoms with E-state index in [1.54, 1.807) is 36.2 Å². The van der Waals surface area contributed by atoms with Crippen molar-refractivity contribution in [2.24, 2.45) is 0 Å². The van der Waals surface area contributed by atoms with Crippen molar-refractivity contribution in [3.05, 3.63) is 152 Å². The predicted molar refractivity (Wildman–Crippen MR) is 217 cm³/mol. The molecule has 260 valence electrons. The van der Waals surface area contributed by atoms with Crippen LogP contribution in [0.2, 0.25) is 0 Å². The standard InChI is InChI=1S/C44H27N9OS/c1-2-11-27-26(10-1)17-18-30(50-27)40-35(32-15-8-25-55-32)36-38(43-46-20-9-21-47-43)39(44-51-28-12-3-4-13-29(28)52-44)37(42-48-22-23-49-42)34(31-14-7-24-54-31)41(36)53(40)33-16-5-6-19-45-33/h1-25H,(H,48,49)(H,51,52). The largest absolute Gasteiger partial charge is 0.464 e. The number of hydrogen-bond acceptors (Lipinski definition) is 8. The molecule has 8 heterocycles. The van der Waals surface area contributed by atoms with Crippen molar-refractivity contribution in [2.75, 3.05) is 0 Å². The second-order valence-corrected chi connectivity index (χ2v) is 13.9. The van der Waals surface area contributed by atoms with Crippen molar-refractivity contribution >= 4 is 44.2 Å². The van der Waals surface area contributed by atoms with Crippen molar-refractivity contribution in [1.29, 1.82) is 0 Å². The van der Waals surface area contributed by atoms with Crippen LogP contribution in [0.1, 0.15) is 0 Å². The van der Waals surface area contributed by atoms with Crippen molar-refractivity contribution in [3.63, 3.8) is 0 Å². The summed E-state index contributed by atoms with van der Waals surface area (Å²) in [5, 5.41) is 4.04. The van der Waals surface area contributed by atoms with Crippen molar-refractivity contribution < 1.29 is 4.42 Å². The van der Waals surface area contributed by atoms with E-state index in [-0.39, 0.29) is 0 Å². The van der Waals surface area contributed by atoms with Crippen LogP contribution in [0.25, 0.3) is 106 Å². The fourth-order valence-corrected chi connectivity index (χ4v) is 8.40. The maximum Gasteiger partial charge on any atom is 0.160 e. The number of para-hydroxylation sites is 3. The Morgan fingerprint density at radius 2 is 1.44 bits per heavy atom. The molecule has 8 aromatic heterocycles. The zero-order chi connectivity index (χ0) is 36.3. The molecule has 3 aromatic carbocycles. The van der Waals surface area contributed by atoms with Gasteiger partial charge in [0.25, 0.3) is 0 Å². The number of aromatic nitrogens is 9. The van der Waals surface area contributed by atoms with Crippen molar-refractivity contribution in [3.8, 4) is 73.1 Å². The molecule has 0 unspecified atom stereocenters. The van der Waals surface area contributed by atoms with Crippen LogP contribution in [0.5, 0.6) is 0 Å². The number of furan rings is 1. The third-order valence-corrected chi connectivity index (χ3v) is 10.7. The number of nitrogens with zero attached hydrogens (tertiary/aromatic N) is 7. The number of thiophene rings is 1. The quantitative estimate of drug-likeness (QED) is 0.167. The van der Waals surface area contributed by atoms with E-state index in [2.05, 4.69) is 50.2 Å². The second kappa shape index (κ2) is 12.6. The first-order valence-corrected chi connectivity index (χ1v) is 18.6. The molecule has 0 atom stereocenters. The van der Waals surface area contributed by atoms with Crippen LogP contribution in [-0.4, -0.2) is 44.4 Å². The highest BCUT2D eigenvalue weighted by Crippen LogP contribution is 2.55. The monoisotopic (exact) mass is 729 g/mol. The third-order valence-electron chi connectivity index (χ3n) is 9.81. The summed E-state index contributed by atoms with van der Waals surface area (Å²) in [5.74, 6) is 3.13. The number of aromatic amines is 2. The molecule has 0 aliphatic carbocycles. The molecule has 0 radical (unpaired) electrons. The number of imidazole rings is 2. The topological polar surface area (TPSA) is 127 Å². The summed E-state index contributed by atoms with van der Waals surface area (Å²) in [4.78, 5) is 38.5. The summed E-state index contributed by atoms with van der Waals surface area (Å²) < 4.78 is 8.61. The molecular formula is C44H27N9OS. The molecule has 0 amide bonds. The minimum absolute atomic E-state index is 0.524. The number of benzene rings is 3. The minimum Gasteiger partial charge on any atom is -0.464 e. The van der Waals surface area contributed by atoms with Gasteiger partial charge in [0.2, 0.25) is 0 Å². The Labute approximate surface area is 316 Å². The van der Waals surface area contributed by atoms with Gasteiger partial charge in [-0.25, -0.2) is 29.9 Å². The van der Waals surface area contributed by atoms with Gasteiger partial charge in [-0.05, 0) is 66.0 Å². The van der Waals surface area contributed by atoms with Gasteiger partial charge in [-0.3, -0.25) is 4.57 Å². The van der Waals surface area contributed by atoms with Gasteiger partial charge in [-0.2, -0.15) is 0 Å². The van der Waals surface area contributed by atoms with Gasteiger partial charge in [0, 0.05) is 68.9 Å². The zero-order valence-electron chi connectivity index (χ0n) is 28.9. The molecule has 0 bridgehead atoms. The molecule has 0 fully saturated rings. The van der Waals surface area contributed by atoms with Gasteiger partial charge in [-0.1, -0.05) is 48.5 Å². The maximum absolute atomic E-state index is 6.41. The lowest BCUT2D eigenvalue weighted by atomic mass is 9.87. The van der Waals surface area contributed by atoms with Crippen LogP contribution < -0.4 is 0 Å². The fraction of sp³-hybridized carbons (Fsp3) is 0. The molecule has 11 aromatic rings. The molecule has 2 N–H and O–H groups in total. The fourth-order valence-electron chi connectivity index (χ4n) is 7.62. The zero-order valence-corrected chi connectivity index (χ0v) is 29.7. The maximum atomic E-state index is 6.41. The van der Waals surface area contributed by atoms with Gasteiger partial charge in [-0.15, -0.1) is 11.3 Å². The average Bonchev–Trinajstić information content (AvgIpc) is 4.10. The Bertz CT molecular complexity index is 3100. The Kier molecular flexibility index (Phi) is 7.10. The predicted octanol–water partition coefficient (Wildman–Crippen LogP) is 10.6. The smallest absolute Gasteiger partial charge is 0.160 e. The summed E-state index contributed by atoms with van der Waals surface area (Å²) in [7, 11) is 0. The van der Waals surface area contributed by atoms with Crippen LogP contribution in [0.4, 0.5) is 0 Å². The summed E-state index contributed by atoms with van der Waals surface area (Å²) in [6.07, 6.45) is 10.6. The molecule has 0 saturated heterocycles. The summed E-state index contributed by atoms with van der Waals surface area (Å²) in [6, 6.07) is 36.3. The Morgan fingerprint density at radius 1 is 0.600 bits per heavy atom. The molecule has 0 aliphatic rings. The molecule has 0 saturated carbocycles. The van der Waals surface area contributed by atoms with Crippen LogP contribution in [0.3, 0.4) is 0 Å². The van der Waals surface area contributed by atoms with E-state index in [9.17, 15) is 0 Å². The van der Waals surface area contributed by atoms with Crippen molar-refractivity contribution in [2.45, 2.75) is 0 Å². The normalized spacial score (nSPS) is 11.6. The first-order valence-electron chi connectivity index (χ1n) is 17.7. The minimum atomic E-state index is 0.524. The van der Waals surface area contributed by atoms with Crippen LogP contribution in [0, 0.1) is 0 Å². The number of H-pyrrole nitrogens is 2. The SMILES string of the molecule is c1ccc(-n2c(-c3ccc4ccccc4n3)c(-c3cccs3)c3c(-c4ncccn4)c(-c4nc5ccccc5[nH]4)c(-c4ncc[nH]4)c(-c4ccco4)c32)nc1. The van der Waals surface area contributed by atoms with Gasteiger partial charge < -0.3 is 14.4 Å². The Morgan fingerprint density at radius 3 is 2.22 bits per heavy atom. The highest BCUT2D eigenvalue weighted by molar-refractivity contribution is 7.13. The van der Waals surface area contributed by atoms with E-state index in [0.717, 1.165) is 76.9 Å². The number of rotatable bonds is 7. The number of pyridine rings is 2. The van der Waals surface area contributed by atoms with Crippen LogP contribution in [-0.2, 0) is 0 Å². The first kappa shape index (κ1) is 31.1. The lowest BCUT2D eigenvalue weighted by molar-refractivity contribution is 0.583. The number of fused-ring (bicyclic) bond motifs is 3. The average molecular weight is 730 g/mol. The lowest BCUT2D eigenvalue weighted by Crippen LogP contribution is -2.04. The van der Waals surface area contributed by atoms with E-state index in [0.29, 0.717) is 29.1 Å². The van der Waals surface area contributed by atoms with E-state index < -0.39 is 0 Å². The van der Waals surface area contributed by atoms with Gasteiger partial charge >= 0.3 is 0 Å². The van der Waals surface area contributed by atoms with E-state index in [1.165, 1.54) is 0 Å². The highest BCUT2D eigenvalue weighted by Gasteiger charge is 2.36. The number of nitrogens with one attached hydrogen (secondary N) is 2. The van der Waals surface area contributed by atoms with E-state index in [4.69, 9.17) is 34.3 Å². The molecule has 11 heteroatoms. The molecule has 0 aliphatic heterocycles. The first-order chi connectivity index (χ1) is 27.3. The lowest BCUT2D eigenvalue weighted by Gasteiger charge is -2.19. The van der Waals surface area contributed by atoms with Gasteiger partial charge in [0.05, 0.1) is 45.3 Å².